The van der Waals surface area contributed by atoms with Crippen LogP contribution in [0, 0.1) is 0 Å². The van der Waals surface area contributed by atoms with E-state index < -0.39 is 36.7 Å². The van der Waals surface area contributed by atoms with Gasteiger partial charge >= 0.3 is 23.9 Å². The molecule has 0 fully saturated rings. The quantitative estimate of drug-likeness (QED) is 0.177. The molecule has 228 valence electrons. The average Bonchev–Trinajstić information content (AvgIpc) is 2.98. The molecule has 3 aromatic carbocycles. The lowest BCUT2D eigenvalue weighted by Gasteiger charge is -2.02. The molecule has 3 N–H and O–H groups in total. The van der Waals surface area contributed by atoms with Crippen LogP contribution < -0.4 is 0 Å². The molecule has 9 heteroatoms. The van der Waals surface area contributed by atoms with Gasteiger partial charge in [-0.15, -0.1) is 0 Å². The molecule has 0 heterocycles. The number of hydrogen-bond acceptors (Lipinski definition) is 7. The summed E-state index contributed by atoms with van der Waals surface area (Å²) in [6, 6.07) is 29.2. The molecular formula is C34H38O9. The molecule has 0 aromatic heterocycles. The van der Waals surface area contributed by atoms with Crippen molar-refractivity contribution in [2.24, 2.45) is 0 Å². The van der Waals surface area contributed by atoms with E-state index in [1.165, 1.54) is 0 Å². The lowest BCUT2D eigenvalue weighted by molar-refractivity contribution is -0.153. The monoisotopic (exact) mass is 590 g/mol. The molecule has 0 radical (unpaired) electrons. The van der Waals surface area contributed by atoms with E-state index in [1.54, 1.807) is 18.2 Å². The van der Waals surface area contributed by atoms with Crippen molar-refractivity contribution in [3.8, 4) is 0 Å². The van der Waals surface area contributed by atoms with Gasteiger partial charge in [-0.1, -0.05) is 123 Å². The summed E-state index contributed by atoms with van der Waals surface area (Å²) >= 11 is 0. The zero-order valence-electron chi connectivity index (χ0n) is 23.0. The maximum absolute atomic E-state index is 11.5. The number of ether oxygens (including phenoxy) is 2. The van der Waals surface area contributed by atoms with Crippen molar-refractivity contribution in [2.75, 3.05) is 19.8 Å². The largest absolute Gasteiger partial charge is 0.481 e. The van der Waals surface area contributed by atoms with E-state index >= 15 is 0 Å². The number of hydrogen-bond donors (Lipinski definition) is 3. The maximum Gasteiger partial charge on any atom is 0.317 e. The van der Waals surface area contributed by atoms with Gasteiger partial charge in [0, 0.05) is 0 Å². The Hall–Kier alpha value is -5.28. The van der Waals surface area contributed by atoms with Crippen LogP contribution in [0.3, 0.4) is 0 Å². The molecule has 3 rings (SSSR count). The molecule has 0 spiro atoms. The summed E-state index contributed by atoms with van der Waals surface area (Å²) < 4.78 is 9.93. The number of aliphatic hydroxyl groups is 1. The molecule has 9 nitrogen and oxygen atoms in total. The van der Waals surface area contributed by atoms with Crippen LogP contribution in [0.15, 0.2) is 109 Å². The third-order valence-corrected chi connectivity index (χ3v) is 4.71. The summed E-state index contributed by atoms with van der Waals surface area (Å²) in [6.07, 6.45) is 9.55. The first-order valence-corrected chi connectivity index (χ1v) is 12.8. The molecule has 0 aliphatic carbocycles. The molecule has 3 aromatic rings. The number of esters is 2. The standard InChI is InChI=1S/C21H20O4.C9H10O.C3H4O4.CH4/c22-20(24-15-7-13-18-9-3-1-4-10-18)17-21(23)25-16-8-14-19-11-5-2-6-12-19;10-8-4-7-9-5-2-1-3-6-9;4-2(5)1-3(6)7;/h1-14H,15-17H2;1-7,10H,8H2;1H2,(H,4,5)(H,6,7);1H4/b13-7+,14-8+;7-4+;;. The summed E-state index contributed by atoms with van der Waals surface area (Å²) in [5.41, 5.74) is 3.16. The Bertz CT molecular complexity index is 1210. The maximum atomic E-state index is 11.5. The highest BCUT2D eigenvalue weighted by Gasteiger charge is 2.10. The molecule has 0 atom stereocenters. The highest BCUT2D eigenvalue weighted by molar-refractivity contribution is 5.91. The summed E-state index contributed by atoms with van der Waals surface area (Å²) in [6.45, 7) is 0.346. The van der Waals surface area contributed by atoms with Gasteiger partial charge in [-0.3, -0.25) is 19.2 Å². The molecule has 0 saturated heterocycles. The van der Waals surface area contributed by atoms with Crippen molar-refractivity contribution in [1.82, 2.24) is 0 Å². The minimum Gasteiger partial charge on any atom is -0.481 e. The first-order valence-electron chi connectivity index (χ1n) is 12.8. The molecule has 0 bridgehead atoms. The van der Waals surface area contributed by atoms with Crippen LogP contribution in [0.25, 0.3) is 18.2 Å². The van der Waals surface area contributed by atoms with Crippen molar-refractivity contribution < 1.29 is 44.0 Å². The molecule has 0 amide bonds. The number of carbonyl (C=O) groups excluding carboxylic acids is 2. The van der Waals surface area contributed by atoms with Gasteiger partial charge in [-0.05, 0) is 28.8 Å². The topological polar surface area (TPSA) is 147 Å². The fraction of sp³-hybridized carbons (Fsp3) is 0.176. The fourth-order valence-electron chi connectivity index (χ4n) is 2.88. The number of rotatable bonds is 12. The smallest absolute Gasteiger partial charge is 0.317 e. The number of carboxylic acids is 2. The minimum atomic E-state index is -1.31. The van der Waals surface area contributed by atoms with E-state index in [0.717, 1.165) is 16.7 Å². The van der Waals surface area contributed by atoms with Crippen molar-refractivity contribution >= 4 is 42.1 Å². The second-order valence-corrected chi connectivity index (χ2v) is 8.13. The van der Waals surface area contributed by atoms with E-state index in [-0.39, 0.29) is 27.2 Å². The molecule has 0 unspecified atom stereocenters. The highest BCUT2D eigenvalue weighted by Crippen LogP contribution is 2.03. The van der Waals surface area contributed by atoms with E-state index in [9.17, 15) is 19.2 Å². The van der Waals surface area contributed by atoms with Crippen LogP contribution in [-0.4, -0.2) is 59.0 Å². The van der Waals surface area contributed by atoms with Crippen LogP contribution >= 0.6 is 0 Å². The second-order valence-electron chi connectivity index (χ2n) is 8.13. The minimum absolute atomic E-state index is 0. The van der Waals surface area contributed by atoms with E-state index in [0.29, 0.717) is 0 Å². The fourth-order valence-corrected chi connectivity index (χ4v) is 2.88. The number of benzene rings is 3. The van der Waals surface area contributed by atoms with Crippen LogP contribution in [0.4, 0.5) is 0 Å². The zero-order chi connectivity index (χ0) is 30.8. The van der Waals surface area contributed by atoms with Crippen LogP contribution in [0.2, 0.25) is 0 Å². The van der Waals surface area contributed by atoms with Crippen LogP contribution in [-0.2, 0) is 28.7 Å². The number of carboxylic acid groups (broad SMARTS) is 2. The molecule has 0 aliphatic heterocycles. The number of carbonyl (C=O) groups is 4. The first kappa shape index (κ1) is 37.7. The average molecular weight is 591 g/mol. The third-order valence-electron chi connectivity index (χ3n) is 4.71. The Morgan fingerprint density at radius 1 is 0.535 bits per heavy atom. The third kappa shape index (κ3) is 22.1. The van der Waals surface area contributed by atoms with E-state index in [1.807, 2.05) is 109 Å². The Morgan fingerprint density at radius 2 is 0.860 bits per heavy atom. The summed E-state index contributed by atoms with van der Waals surface area (Å²) in [4.78, 5) is 41.9. The normalized spacial score (nSPS) is 10.1. The number of aliphatic hydroxyl groups excluding tert-OH is 1. The van der Waals surface area contributed by atoms with E-state index in [4.69, 9.17) is 24.8 Å². The summed E-state index contributed by atoms with van der Waals surface area (Å²) in [5.74, 6) is -3.83. The summed E-state index contributed by atoms with van der Waals surface area (Å²) in [5, 5.41) is 23.8. The predicted octanol–water partition coefficient (Wildman–Crippen LogP) is 5.76. The summed E-state index contributed by atoms with van der Waals surface area (Å²) in [7, 11) is 0. The van der Waals surface area contributed by atoms with Gasteiger partial charge < -0.3 is 24.8 Å². The Morgan fingerprint density at radius 3 is 1.14 bits per heavy atom. The van der Waals surface area contributed by atoms with Gasteiger partial charge in [0.25, 0.3) is 0 Å². The van der Waals surface area contributed by atoms with Gasteiger partial charge in [-0.25, -0.2) is 0 Å². The second kappa shape index (κ2) is 24.5. The molecular weight excluding hydrogens is 552 g/mol. The lowest BCUT2D eigenvalue weighted by Crippen LogP contribution is -2.14. The van der Waals surface area contributed by atoms with Gasteiger partial charge in [0.1, 0.15) is 26.1 Å². The van der Waals surface area contributed by atoms with Gasteiger partial charge in [0.2, 0.25) is 0 Å². The molecule has 0 saturated carbocycles. The van der Waals surface area contributed by atoms with Crippen molar-refractivity contribution in [3.63, 3.8) is 0 Å². The zero-order valence-corrected chi connectivity index (χ0v) is 23.0. The van der Waals surface area contributed by atoms with Crippen LogP contribution in [0.1, 0.15) is 37.0 Å². The van der Waals surface area contributed by atoms with Gasteiger partial charge in [0.15, 0.2) is 0 Å². The van der Waals surface area contributed by atoms with Crippen molar-refractivity contribution in [2.45, 2.75) is 20.3 Å². The lowest BCUT2D eigenvalue weighted by atomic mass is 10.2. The Labute approximate surface area is 252 Å². The predicted molar refractivity (Wildman–Crippen MR) is 167 cm³/mol. The van der Waals surface area contributed by atoms with E-state index in [2.05, 4.69) is 0 Å². The van der Waals surface area contributed by atoms with Crippen molar-refractivity contribution in [3.05, 3.63) is 126 Å². The molecule has 0 aliphatic rings. The molecule has 43 heavy (non-hydrogen) atoms. The highest BCUT2D eigenvalue weighted by atomic mass is 16.6. The van der Waals surface area contributed by atoms with Gasteiger partial charge in [-0.2, -0.15) is 0 Å². The SMILES string of the molecule is C.O=C(CC(=O)OC/C=C/c1ccccc1)OC/C=C/c1ccccc1.O=C(O)CC(=O)O.OC/C=C/c1ccccc1. The number of aliphatic carboxylic acids is 2. The first-order chi connectivity index (χ1) is 20.3. The van der Waals surface area contributed by atoms with Gasteiger partial charge in [0.05, 0.1) is 6.61 Å². The Kier molecular flexibility index (Phi) is 21.5. The Balaban J connectivity index is 0.000000804. The van der Waals surface area contributed by atoms with Crippen LogP contribution in [0.5, 0.6) is 0 Å². The van der Waals surface area contributed by atoms with Crippen molar-refractivity contribution in [1.29, 1.82) is 0 Å².